The van der Waals surface area contributed by atoms with Crippen molar-refractivity contribution in [2.24, 2.45) is 0 Å². The van der Waals surface area contributed by atoms with E-state index < -0.39 is 0 Å². The molecule has 0 saturated heterocycles. The average molecular weight is 220 g/mol. The lowest BCUT2D eigenvalue weighted by atomic mass is 10.2. The molecule has 0 fully saturated rings. The van der Waals surface area contributed by atoms with E-state index in [0.29, 0.717) is 0 Å². The summed E-state index contributed by atoms with van der Waals surface area (Å²) in [5.41, 5.74) is 4.01. The van der Waals surface area contributed by atoms with Crippen LogP contribution in [0.5, 0.6) is 0 Å². The minimum absolute atomic E-state index is 0.937. The van der Waals surface area contributed by atoms with Gasteiger partial charge in [0.1, 0.15) is 6.33 Å². The lowest BCUT2D eigenvalue weighted by molar-refractivity contribution is 1.17. The van der Waals surface area contributed by atoms with Crippen molar-refractivity contribution in [3.63, 3.8) is 0 Å². The summed E-state index contributed by atoms with van der Waals surface area (Å²) in [6, 6.07) is 8.05. The maximum absolute atomic E-state index is 4.45. The van der Waals surface area contributed by atoms with Crippen LogP contribution in [0.2, 0.25) is 0 Å². The van der Waals surface area contributed by atoms with Crippen LogP contribution in [-0.4, -0.2) is 19.4 Å². The minimum atomic E-state index is 0.937. The van der Waals surface area contributed by atoms with Gasteiger partial charge in [-0.25, -0.2) is 9.97 Å². The Kier molecular flexibility index (Phi) is 1.53. The highest BCUT2D eigenvalue weighted by atomic mass is 14.9. The molecule has 4 heterocycles. The maximum Gasteiger partial charge on any atom is 0.116 e. The van der Waals surface area contributed by atoms with Gasteiger partial charge in [-0.3, -0.25) is 4.98 Å². The fourth-order valence-electron chi connectivity index (χ4n) is 2.29. The molecule has 4 nitrogen and oxygen atoms in total. The lowest BCUT2D eigenvalue weighted by Gasteiger charge is -2.06. The summed E-state index contributed by atoms with van der Waals surface area (Å²) in [5, 5.41) is 1.07. The molecule has 4 rings (SSSR count). The summed E-state index contributed by atoms with van der Waals surface area (Å²) in [6.45, 7) is 0. The fourth-order valence-corrected chi connectivity index (χ4v) is 2.29. The number of rotatable bonds is 0. The molecular weight excluding hydrogens is 212 g/mol. The first-order valence-electron chi connectivity index (χ1n) is 5.38. The van der Waals surface area contributed by atoms with E-state index in [-0.39, 0.29) is 0 Å². The normalized spacial score (nSPS) is 11.5. The Morgan fingerprint density at radius 3 is 2.88 bits per heavy atom. The highest BCUT2D eigenvalue weighted by Gasteiger charge is 2.08. The van der Waals surface area contributed by atoms with Gasteiger partial charge in [0.25, 0.3) is 0 Å². The van der Waals surface area contributed by atoms with E-state index in [1.165, 1.54) is 0 Å². The third kappa shape index (κ3) is 1.04. The molecule has 0 spiro atoms. The van der Waals surface area contributed by atoms with Gasteiger partial charge in [-0.2, -0.15) is 0 Å². The highest BCUT2D eigenvalue weighted by Crippen LogP contribution is 2.25. The minimum Gasteiger partial charge on any atom is -0.312 e. The van der Waals surface area contributed by atoms with Crippen LogP contribution in [0.1, 0.15) is 0 Å². The molecule has 0 radical (unpaired) electrons. The first-order valence-corrected chi connectivity index (χ1v) is 5.38. The van der Waals surface area contributed by atoms with Crippen molar-refractivity contribution in [3.8, 4) is 0 Å². The SMILES string of the molecule is c1cnc2c(c1)c1ncncc1n1cccc21. The Labute approximate surface area is 96.6 Å². The van der Waals surface area contributed by atoms with E-state index in [4.69, 9.17) is 0 Å². The van der Waals surface area contributed by atoms with Gasteiger partial charge in [0, 0.05) is 17.8 Å². The van der Waals surface area contributed by atoms with Gasteiger partial charge < -0.3 is 4.40 Å². The van der Waals surface area contributed by atoms with Crippen molar-refractivity contribution in [1.82, 2.24) is 19.4 Å². The molecule has 4 aromatic rings. The van der Waals surface area contributed by atoms with Crippen LogP contribution in [0, 0.1) is 0 Å². The Hall–Kier alpha value is -2.49. The predicted molar refractivity (Wildman–Crippen MR) is 65.8 cm³/mol. The summed E-state index contributed by atoms with van der Waals surface area (Å²) in [5.74, 6) is 0. The van der Waals surface area contributed by atoms with E-state index in [2.05, 4.69) is 25.4 Å². The van der Waals surface area contributed by atoms with Gasteiger partial charge >= 0.3 is 0 Å². The fraction of sp³-hybridized carbons (Fsp3) is 0. The van der Waals surface area contributed by atoms with Gasteiger partial charge in [0.2, 0.25) is 0 Å². The van der Waals surface area contributed by atoms with Crippen LogP contribution in [-0.2, 0) is 0 Å². The second kappa shape index (κ2) is 3.01. The van der Waals surface area contributed by atoms with Gasteiger partial charge in [-0.05, 0) is 24.3 Å². The summed E-state index contributed by atoms with van der Waals surface area (Å²) in [7, 11) is 0. The molecule has 17 heavy (non-hydrogen) atoms. The third-order valence-electron chi connectivity index (χ3n) is 3.01. The van der Waals surface area contributed by atoms with Gasteiger partial charge in [-0.1, -0.05) is 0 Å². The summed E-state index contributed by atoms with van der Waals surface area (Å²) in [6.07, 6.45) is 7.23. The average Bonchev–Trinajstić information content (AvgIpc) is 2.89. The number of aromatic nitrogens is 4. The monoisotopic (exact) mass is 220 g/mol. The zero-order chi connectivity index (χ0) is 11.2. The molecule has 0 aliphatic carbocycles. The van der Waals surface area contributed by atoms with Crippen molar-refractivity contribution in [2.75, 3.05) is 0 Å². The molecule has 0 aliphatic rings. The summed E-state index contributed by atoms with van der Waals surface area (Å²) < 4.78 is 2.07. The van der Waals surface area contributed by atoms with E-state index in [1.54, 1.807) is 6.33 Å². The number of nitrogens with zero attached hydrogens (tertiary/aromatic N) is 4. The largest absolute Gasteiger partial charge is 0.312 e. The van der Waals surface area contributed by atoms with Crippen molar-refractivity contribution in [1.29, 1.82) is 0 Å². The first-order chi connectivity index (χ1) is 8.45. The van der Waals surface area contributed by atoms with Crippen LogP contribution in [0.15, 0.2) is 49.2 Å². The van der Waals surface area contributed by atoms with Crippen LogP contribution in [0.3, 0.4) is 0 Å². The highest BCUT2D eigenvalue weighted by molar-refractivity contribution is 6.08. The molecule has 4 heteroatoms. The predicted octanol–water partition coefficient (Wildman–Crippen LogP) is 2.43. The first kappa shape index (κ1) is 8.64. The van der Waals surface area contributed by atoms with Crippen LogP contribution < -0.4 is 0 Å². The Morgan fingerprint density at radius 1 is 0.941 bits per heavy atom. The van der Waals surface area contributed by atoms with Gasteiger partial charge in [-0.15, -0.1) is 0 Å². The van der Waals surface area contributed by atoms with Crippen molar-refractivity contribution < 1.29 is 0 Å². The molecule has 4 aromatic heterocycles. The zero-order valence-corrected chi connectivity index (χ0v) is 8.91. The zero-order valence-electron chi connectivity index (χ0n) is 8.91. The Balaban J connectivity index is 2.48. The Bertz CT molecular complexity index is 778. The number of hydrogen-bond donors (Lipinski definition) is 0. The molecule has 0 bridgehead atoms. The maximum atomic E-state index is 4.45. The molecular formula is C13H8N4. The van der Waals surface area contributed by atoms with Crippen molar-refractivity contribution >= 4 is 27.5 Å². The molecule has 0 N–H and O–H groups in total. The molecule has 0 aliphatic heterocycles. The quantitative estimate of drug-likeness (QED) is 0.427. The molecule has 0 saturated carbocycles. The Morgan fingerprint density at radius 2 is 1.88 bits per heavy atom. The van der Waals surface area contributed by atoms with Crippen LogP contribution in [0.4, 0.5) is 0 Å². The molecule has 0 atom stereocenters. The van der Waals surface area contributed by atoms with Crippen LogP contribution >= 0.6 is 0 Å². The van der Waals surface area contributed by atoms with Crippen LogP contribution in [0.25, 0.3) is 27.5 Å². The lowest BCUT2D eigenvalue weighted by Crippen LogP contribution is -1.93. The third-order valence-corrected chi connectivity index (χ3v) is 3.01. The standard InChI is InChI=1S/C13H8N4/c1-3-9-12(15-5-1)10-4-2-6-17(10)11-7-14-8-16-13(9)11/h1-8H. The number of fused-ring (bicyclic) bond motifs is 6. The second-order valence-corrected chi connectivity index (χ2v) is 3.92. The van der Waals surface area contributed by atoms with Crippen molar-refractivity contribution in [3.05, 3.63) is 49.2 Å². The number of hydrogen-bond acceptors (Lipinski definition) is 3. The molecule has 80 valence electrons. The topological polar surface area (TPSA) is 43.1 Å². The van der Waals surface area contributed by atoms with E-state index >= 15 is 0 Å². The van der Waals surface area contributed by atoms with E-state index in [9.17, 15) is 0 Å². The molecule has 0 aromatic carbocycles. The van der Waals surface area contributed by atoms with Gasteiger partial charge in [0.05, 0.1) is 28.3 Å². The molecule has 0 unspecified atom stereocenters. The van der Waals surface area contributed by atoms with E-state index in [1.807, 2.05) is 36.8 Å². The summed E-state index contributed by atoms with van der Waals surface area (Å²) >= 11 is 0. The van der Waals surface area contributed by atoms with Gasteiger partial charge in [0.15, 0.2) is 0 Å². The smallest absolute Gasteiger partial charge is 0.116 e. The van der Waals surface area contributed by atoms with E-state index in [0.717, 1.165) is 27.5 Å². The summed E-state index contributed by atoms with van der Waals surface area (Å²) in [4.78, 5) is 12.9. The number of pyridine rings is 2. The molecule has 0 amide bonds. The van der Waals surface area contributed by atoms with Crippen molar-refractivity contribution in [2.45, 2.75) is 0 Å². The second-order valence-electron chi connectivity index (χ2n) is 3.92.